The highest BCUT2D eigenvalue weighted by Gasteiger charge is 2.21. The first-order valence-corrected chi connectivity index (χ1v) is 10.0. The largest absolute Gasteiger partial charge is 0.352 e. The Balaban J connectivity index is 1.62. The molecular formula is C23H22ClF3O2. The van der Waals surface area contributed by atoms with Crippen LogP contribution in [0.5, 0.6) is 0 Å². The lowest BCUT2D eigenvalue weighted by Gasteiger charge is -2.29. The van der Waals surface area contributed by atoms with Gasteiger partial charge in [-0.3, -0.25) is 0 Å². The fraction of sp³-hybridized carbons (Fsp3) is 0.391. The van der Waals surface area contributed by atoms with Crippen molar-refractivity contribution >= 4 is 11.6 Å². The monoisotopic (exact) mass is 422 g/mol. The van der Waals surface area contributed by atoms with Crippen LogP contribution in [0.2, 0.25) is 5.02 Å². The highest BCUT2D eigenvalue weighted by Crippen LogP contribution is 2.21. The van der Waals surface area contributed by atoms with Gasteiger partial charge in [-0.15, -0.1) is 0 Å². The zero-order valence-corrected chi connectivity index (χ0v) is 16.9. The van der Waals surface area contributed by atoms with E-state index in [0.717, 1.165) is 18.9 Å². The van der Waals surface area contributed by atoms with Gasteiger partial charge in [0.1, 0.15) is 17.5 Å². The molecule has 2 aromatic rings. The van der Waals surface area contributed by atoms with Crippen molar-refractivity contribution in [3.8, 4) is 11.8 Å². The zero-order valence-electron chi connectivity index (χ0n) is 16.1. The van der Waals surface area contributed by atoms with Crippen molar-refractivity contribution in [1.82, 2.24) is 0 Å². The Labute approximate surface area is 174 Å². The summed E-state index contributed by atoms with van der Waals surface area (Å²) in [7, 11) is 0. The second kappa shape index (κ2) is 10.2. The average molecular weight is 423 g/mol. The van der Waals surface area contributed by atoms with Crippen molar-refractivity contribution in [2.45, 2.75) is 38.9 Å². The van der Waals surface area contributed by atoms with Crippen LogP contribution in [-0.4, -0.2) is 19.5 Å². The predicted molar refractivity (Wildman–Crippen MR) is 106 cm³/mol. The summed E-state index contributed by atoms with van der Waals surface area (Å²) in [5.41, 5.74) is 0.436. The Kier molecular flexibility index (Phi) is 7.60. The molecule has 2 aromatic carbocycles. The van der Waals surface area contributed by atoms with Crippen LogP contribution in [0.25, 0.3) is 0 Å². The molecule has 0 radical (unpaired) electrons. The third-order valence-electron chi connectivity index (χ3n) is 4.75. The molecule has 0 bridgehead atoms. The molecule has 0 N–H and O–H groups in total. The van der Waals surface area contributed by atoms with Gasteiger partial charge in [0.25, 0.3) is 0 Å². The fourth-order valence-corrected chi connectivity index (χ4v) is 3.32. The number of ether oxygens (including phenoxy) is 2. The lowest BCUT2D eigenvalue weighted by Crippen LogP contribution is -2.32. The molecular weight excluding hydrogens is 401 g/mol. The van der Waals surface area contributed by atoms with E-state index < -0.39 is 17.5 Å². The number of aryl methyl sites for hydroxylation is 1. The molecule has 2 nitrogen and oxygen atoms in total. The molecule has 0 saturated carbocycles. The molecule has 29 heavy (non-hydrogen) atoms. The summed E-state index contributed by atoms with van der Waals surface area (Å²) in [4.78, 5) is 0. The van der Waals surface area contributed by atoms with Crippen LogP contribution < -0.4 is 0 Å². The maximum absolute atomic E-state index is 14.4. The fourth-order valence-electron chi connectivity index (χ4n) is 3.21. The lowest BCUT2D eigenvalue weighted by atomic mass is 10.0. The normalized spacial score (nSPS) is 18.9. The molecule has 0 aliphatic carbocycles. The predicted octanol–water partition coefficient (Wildman–Crippen LogP) is 5.88. The molecule has 1 aliphatic heterocycles. The van der Waals surface area contributed by atoms with Crippen molar-refractivity contribution in [2.24, 2.45) is 5.92 Å². The molecule has 1 heterocycles. The zero-order chi connectivity index (χ0) is 20.8. The van der Waals surface area contributed by atoms with Crippen molar-refractivity contribution < 1.29 is 22.6 Å². The van der Waals surface area contributed by atoms with Crippen LogP contribution in [0.15, 0.2) is 30.3 Å². The maximum atomic E-state index is 14.4. The first-order chi connectivity index (χ1) is 14.0. The molecule has 1 saturated heterocycles. The summed E-state index contributed by atoms with van der Waals surface area (Å²) in [6, 6.07) is 6.47. The minimum atomic E-state index is -0.754. The summed E-state index contributed by atoms with van der Waals surface area (Å²) >= 11 is 5.61. The molecule has 0 atom stereocenters. The van der Waals surface area contributed by atoms with Crippen LogP contribution in [-0.2, 0) is 15.9 Å². The summed E-state index contributed by atoms with van der Waals surface area (Å²) in [5, 5.41) is -0.0379. The van der Waals surface area contributed by atoms with Crippen molar-refractivity contribution in [1.29, 1.82) is 0 Å². The van der Waals surface area contributed by atoms with Crippen LogP contribution in [0.1, 0.15) is 42.9 Å². The molecule has 1 fully saturated rings. The van der Waals surface area contributed by atoms with E-state index in [2.05, 4.69) is 18.8 Å². The van der Waals surface area contributed by atoms with Gasteiger partial charge in [0.15, 0.2) is 6.29 Å². The highest BCUT2D eigenvalue weighted by atomic mass is 35.5. The summed E-state index contributed by atoms with van der Waals surface area (Å²) in [6.45, 7) is 3.43. The van der Waals surface area contributed by atoms with E-state index in [-0.39, 0.29) is 22.4 Å². The number of hydrogen-bond donors (Lipinski definition) is 0. The minimum absolute atomic E-state index is 0.0379. The Morgan fingerprint density at radius 1 is 0.966 bits per heavy atom. The third-order valence-corrected chi connectivity index (χ3v) is 5.06. The molecule has 1 aliphatic rings. The van der Waals surface area contributed by atoms with Crippen molar-refractivity contribution in [2.75, 3.05) is 13.2 Å². The standard InChI is InChI=1S/C23H22ClF3O2/c1-2-3-17-13-28-23(29-14-17)9-6-16-11-20(25)18(21(26)12-16)7-4-15-5-8-19(24)22(27)10-15/h5,8,10-12,17,23H,2-3,6,9,13-14H2,1H3/t17-,23-. The molecule has 0 amide bonds. The van der Waals surface area contributed by atoms with Gasteiger partial charge in [0.2, 0.25) is 0 Å². The molecule has 0 unspecified atom stereocenters. The second-order valence-corrected chi connectivity index (χ2v) is 7.51. The van der Waals surface area contributed by atoms with E-state index in [4.69, 9.17) is 21.1 Å². The summed E-state index contributed by atoms with van der Waals surface area (Å²) in [6.07, 6.45) is 2.74. The summed E-state index contributed by atoms with van der Waals surface area (Å²) in [5.74, 6) is 3.26. The topological polar surface area (TPSA) is 18.5 Å². The highest BCUT2D eigenvalue weighted by molar-refractivity contribution is 6.30. The van der Waals surface area contributed by atoms with E-state index in [9.17, 15) is 13.2 Å². The quantitative estimate of drug-likeness (QED) is 0.560. The third kappa shape index (κ3) is 5.99. The average Bonchev–Trinajstić information content (AvgIpc) is 2.70. The first kappa shape index (κ1) is 21.7. The van der Waals surface area contributed by atoms with Gasteiger partial charge in [-0.05, 0) is 48.7 Å². The van der Waals surface area contributed by atoms with Gasteiger partial charge in [0, 0.05) is 17.9 Å². The Bertz CT molecular complexity index is 889. The van der Waals surface area contributed by atoms with Crippen molar-refractivity contribution in [3.63, 3.8) is 0 Å². The number of hydrogen-bond acceptors (Lipinski definition) is 2. The number of benzene rings is 2. The molecule has 0 spiro atoms. The van der Waals surface area contributed by atoms with Gasteiger partial charge in [-0.25, -0.2) is 13.2 Å². The molecule has 0 aromatic heterocycles. The first-order valence-electron chi connectivity index (χ1n) is 9.64. The smallest absolute Gasteiger partial charge is 0.157 e. The number of halogens is 4. The van der Waals surface area contributed by atoms with E-state index in [1.54, 1.807) is 0 Å². The molecule has 154 valence electrons. The lowest BCUT2D eigenvalue weighted by molar-refractivity contribution is -0.203. The van der Waals surface area contributed by atoms with Gasteiger partial charge in [0.05, 0.1) is 23.8 Å². The van der Waals surface area contributed by atoms with E-state index in [1.165, 1.54) is 24.3 Å². The van der Waals surface area contributed by atoms with Crippen LogP contribution in [0, 0.1) is 35.2 Å². The van der Waals surface area contributed by atoms with E-state index in [1.807, 2.05) is 0 Å². The van der Waals surface area contributed by atoms with E-state index >= 15 is 0 Å². The van der Waals surface area contributed by atoms with Gasteiger partial charge in [-0.1, -0.05) is 36.8 Å². The Hall–Kier alpha value is -2.00. The van der Waals surface area contributed by atoms with Crippen LogP contribution in [0.3, 0.4) is 0 Å². The van der Waals surface area contributed by atoms with Gasteiger partial charge >= 0.3 is 0 Å². The SMILES string of the molecule is CCC[C@H]1CO[C@H](CCc2cc(F)c(C#Cc3ccc(Cl)c(F)c3)c(F)c2)OC1. The Morgan fingerprint density at radius 3 is 2.28 bits per heavy atom. The van der Waals surface area contributed by atoms with E-state index in [0.29, 0.717) is 37.5 Å². The number of rotatable bonds is 5. The Morgan fingerprint density at radius 2 is 1.66 bits per heavy atom. The molecule has 6 heteroatoms. The van der Waals surface area contributed by atoms with Gasteiger partial charge in [-0.2, -0.15) is 0 Å². The summed E-state index contributed by atoms with van der Waals surface area (Å²) < 4.78 is 53.5. The minimum Gasteiger partial charge on any atom is -0.352 e. The second-order valence-electron chi connectivity index (χ2n) is 7.10. The van der Waals surface area contributed by atoms with Crippen LogP contribution in [0.4, 0.5) is 13.2 Å². The van der Waals surface area contributed by atoms with Gasteiger partial charge < -0.3 is 9.47 Å². The van der Waals surface area contributed by atoms with Crippen molar-refractivity contribution in [3.05, 3.63) is 69.5 Å². The van der Waals surface area contributed by atoms with Crippen LogP contribution >= 0.6 is 11.6 Å². The molecule has 3 rings (SSSR count). The maximum Gasteiger partial charge on any atom is 0.157 e.